The van der Waals surface area contributed by atoms with Crippen molar-refractivity contribution < 1.29 is 9.59 Å². The summed E-state index contributed by atoms with van der Waals surface area (Å²) < 4.78 is 1.58. The van der Waals surface area contributed by atoms with Crippen LogP contribution in [-0.4, -0.2) is 32.6 Å². The lowest BCUT2D eigenvalue weighted by Gasteiger charge is -1.98. The van der Waals surface area contributed by atoms with Crippen LogP contribution in [0.1, 0.15) is 20.2 Å². The summed E-state index contributed by atoms with van der Waals surface area (Å²) in [5.74, 6) is -0.0232. The van der Waals surface area contributed by atoms with Gasteiger partial charge in [-0.25, -0.2) is 4.98 Å². The second-order valence-corrected chi connectivity index (χ2v) is 8.62. The van der Waals surface area contributed by atoms with Crippen LogP contribution in [0.4, 0.5) is 5.13 Å². The molecule has 0 unspecified atom stereocenters. The van der Waals surface area contributed by atoms with Gasteiger partial charge in [0.05, 0.1) is 16.0 Å². The van der Waals surface area contributed by atoms with Crippen molar-refractivity contribution in [3.05, 3.63) is 65.2 Å². The molecule has 0 aliphatic rings. The van der Waals surface area contributed by atoms with Crippen molar-refractivity contribution >= 4 is 61.5 Å². The van der Waals surface area contributed by atoms with Gasteiger partial charge in [-0.2, -0.15) is 0 Å². The molecular formula is C18H12N4O2S3. The van der Waals surface area contributed by atoms with Crippen LogP contribution in [0.3, 0.4) is 0 Å². The van der Waals surface area contributed by atoms with E-state index in [9.17, 15) is 9.59 Å². The Labute approximate surface area is 166 Å². The number of fused-ring (bicyclic) bond motifs is 1. The summed E-state index contributed by atoms with van der Waals surface area (Å²) in [5, 5.41) is 11.5. The predicted octanol–water partition coefficient (Wildman–Crippen LogP) is 4.38. The minimum absolute atomic E-state index is 0.0239. The molecular weight excluding hydrogens is 400 g/mol. The average molecular weight is 413 g/mol. The van der Waals surface area contributed by atoms with Crippen LogP contribution >= 0.6 is 34.4 Å². The molecule has 6 nitrogen and oxygen atoms in total. The third-order valence-electron chi connectivity index (χ3n) is 3.54. The molecule has 0 aliphatic carbocycles. The Bertz CT molecular complexity index is 1070. The van der Waals surface area contributed by atoms with Crippen LogP contribution in [0.15, 0.2) is 58.9 Å². The quantitative estimate of drug-likeness (QED) is 0.287. The van der Waals surface area contributed by atoms with Gasteiger partial charge < -0.3 is 0 Å². The van der Waals surface area contributed by atoms with Crippen LogP contribution in [0.2, 0.25) is 0 Å². The maximum atomic E-state index is 12.4. The van der Waals surface area contributed by atoms with E-state index in [0.717, 1.165) is 10.2 Å². The number of carbonyl (C=O) groups is 2. The number of ketones is 1. The Morgan fingerprint density at radius 1 is 0.963 bits per heavy atom. The Hall–Kier alpha value is -2.62. The van der Waals surface area contributed by atoms with Gasteiger partial charge in [-0.1, -0.05) is 65.6 Å². The highest BCUT2D eigenvalue weighted by atomic mass is 32.2. The topological polar surface area (TPSA) is 84.8 Å². The monoisotopic (exact) mass is 412 g/mol. The number of thioether (sulfide) groups is 1. The summed E-state index contributed by atoms with van der Waals surface area (Å²) in [7, 11) is 0. The van der Waals surface area contributed by atoms with Crippen molar-refractivity contribution in [2.45, 2.75) is 4.34 Å². The third-order valence-corrected chi connectivity index (χ3v) is 6.54. The molecule has 0 atom stereocenters. The fourth-order valence-electron chi connectivity index (χ4n) is 2.27. The van der Waals surface area contributed by atoms with E-state index in [0.29, 0.717) is 20.0 Å². The van der Waals surface area contributed by atoms with E-state index in [4.69, 9.17) is 0 Å². The molecule has 0 saturated carbocycles. The highest BCUT2D eigenvalue weighted by molar-refractivity contribution is 8.01. The first-order valence-electron chi connectivity index (χ1n) is 7.90. The van der Waals surface area contributed by atoms with Crippen molar-refractivity contribution in [1.29, 1.82) is 0 Å². The lowest BCUT2D eigenvalue weighted by atomic mass is 10.2. The minimum atomic E-state index is -0.315. The van der Waals surface area contributed by atoms with Crippen molar-refractivity contribution in [2.24, 2.45) is 0 Å². The zero-order valence-electron chi connectivity index (χ0n) is 13.8. The Morgan fingerprint density at radius 3 is 2.56 bits per heavy atom. The van der Waals surface area contributed by atoms with Crippen LogP contribution in [-0.2, 0) is 0 Å². The summed E-state index contributed by atoms with van der Waals surface area (Å²) in [6.07, 6.45) is 0. The number of carbonyl (C=O) groups excluding carboxylic acids is 2. The van der Waals surface area contributed by atoms with Crippen LogP contribution in [0, 0.1) is 0 Å². The van der Waals surface area contributed by atoms with Gasteiger partial charge in [-0.05, 0) is 12.1 Å². The molecule has 0 aliphatic heterocycles. The van der Waals surface area contributed by atoms with E-state index >= 15 is 0 Å². The molecule has 0 radical (unpaired) electrons. The van der Waals surface area contributed by atoms with Gasteiger partial charge in [-0.15, -0.1) is 21.5 Å². The van der Waals surface area contributed by atoms with E-state index in [-0.39, 0.29) is 17.4 Å². The Morgan fingerprint density at radius 2 is 1.74 bits per heavy atom. The van der Waals surface area contributed by atoms with Gasteiger partial charge in [0.25, 0.3) is 5.91 Å². The number of hydrogen-bond acceptors (Lipinski definition) is 8. The third kappa shape index (κ3) is 4.21. The fraction of sp³-hybridized carbons (Fsp3) is 0.0556. The first-order valence-corrected chi connectivity index (χ1v) is 10.5. The second-order valence-electron chi connectivity index (χ2n) is 5.39. The first-order chi connectivity index (χ1) is 13.2. The summed E-state index contributed by atoms with van der Waals surface area (Å²) in [6, 6.07) is 16.7. The van der Waals surface area contributed by atoms with Crippen molar-refractivity contribution in [2.75, 3.05) is 11.1 Å². The molecule has 2 aromatic heterocycles. The largest absolute Gasteiger partial charge is 0.294 e. The maximum Gasteiger partial charge on any atom is 0.286 e. The van der Waals surface area contributed by atoms with Gasteiger partial charge in [0, 0.05) is 5.56 Å². The molecule has 0 spiro atoms. The van der Waals surface area contributed by atoms with Crippen LogP contribution in [0.25, 0.3) is 10.2 Å². The molecule has 0 saturated heterocycles. The molecule has 134 valence electrons. The van der Waals surface area contributed by atoms with E-state index in [1.165, 1.54) is 34.4 Å². The second kappa shape index (κ2) is 7.95. The summed E-state index contributed by atoms with van der Waals surface area (Å²) in [4.78, 5) is 28.8. The normalized spacial score (nSPS) is 10.8. The molecule has 27 heavy (non-hydrogen) atoms. The number of nitrogens with one attached hydrogen (secondary N) is 1. The molecule has 4 aromatic rings. The minimum Gasteiger partial charge on any atom is -0.294 e. The van der Waals surface area contributed by atoms with Gasteiger partial charge in [0.2, 0.25) is 5.13 Å². The number of rotatable bonds is 6. The van der Waals surface area contributed by atoms with E-state index in [1.54, 1.807) is 12.1 Å². The molecule has 0 fully saturated rings. The van der Waals surface area contributed by atoms with Gasteiger partial charge in [0.1, 0.15) is 0 Å². The summed E-state index contributed by atoms with van der Waals surface area (Å²) >= 11 is 3.86. The Balaban J connectivity index is 1.37. The van der Waals surface area contributed by atoms with Crippen molar-refractivity contribution in [3.8, 4) is 0 Å². The predicted molar refractivity (Wildman–Crippen MR) is 109 cm³/mol. The highest BCUT2D eigenvalue weighted by Gasteiger charge is 2.15. The van der Waals surface area contributed by atoms with Crippen LogP contribution in [0.5, 0.6) is 0 Å². The molecule has 0 bridgehead atoms. The molecule has 9 heteroatoms. The molecule has 1 N–H and O–H groups in total. The molecule has 4 rings (SSSR count). The zero-order valence-corrected chi connectivity index (χ0v) is 16.2. The number of thiazole rings is 1. The number of nitrogens with zero attached hydrogens (tertiary/aromatic N) is 3. The zero-order chi connectivity index (χ0) is 18.6. The van der Waals surface area contributed by atoms with E-state index in [1.807, 2.05) is 42.5 Å². The number of benzene rings is 2. The van der Waals surface area contributed by atoms with Crippen molar-refractivity contribution in [1.82, 2.24) is 15.2 Å². The van der Waals surface area contributed by atoms with E-state index < -0.39 is 0 Å². The number of amides is 1. The molecule has 1 amide bonds. The highest BCUT2D eigenvalue weighted by Crippen LogP contribution is 2.27. The maximum absolute atomic E-state index is 12.4. The number of Topliss-reactive ketones (excluding diaryl/α,β-unsaturated/α-hetero) is 1. The van der Waals surface area contributed by atoms with Gasteiger partial charge in [-0.3, -0.25) is 14.9 Å². The number of para-hydroxylation sites is 1. The summed E-state index contributed by atoms with van der Waals surface area (Å²) in [6.45, 7) is 0. The van der Waals surface area contributed by atoms with Gasteiger partial charge >= 0.3 is 0 Å². The fourth-order valence-corrected chi connectivity index (χ4v) is 4.78. The lowest BCUT2D eigenvalue weighted by molar-refractivity contribution is 0.101. The summed E-state index contributed by atoms with van der Waals surface area (Å²) in [5.41, 5.74) is 1.46. The number of anilines is 1. The number of aromatic nitrogens is 3. The first kappa shape index (κ1) is 17.8. The Kier molecular flexibility index (Phi) is 5.23. The smallest absolute Gasteiger partial charge is 0.286 e. The SMILES string of the molecule is O=C(CSc1nnc(NC(=O)c2nc3ccccc3s2)s1)c1ccccc1. The average Bonchev–Trinajstić information content (AvgIpc) is 3.33. The van der Waals surface area contributed by atoms with E-state index in [2.05, 4.69) is 20.5 Å². The molecule has 2 heterocycles. The standard InChI is InChI=1S/C18H12N4O2S3/c23-13(11-6-2-1-3-7-11)10-25-18-22-21-17(27-18)20-15(24)16-19-12-8-4-5-9-14(12)26-16/h1-9H,10H2,(H,20,21,24). The van der Waals surface area contributed by atoms with Crippen molar-refractivity contribution in [3.63, 3.8) is 0 Å². The number of hydrogen-bond donors (Lipinski definition) is 1. The lowest BCUT2D eigenvalue weighted by Crippen LogP contribution is -2.11. The van der Waals surface area contributed by atoms with Gasteiger partial charge in [0.15, 0.2) is 15.1 Å². The van der Waals surface area contributed by atoms with Crippen LogP contribution < -0.4 is 5.32 Å². The molecule has 2 aromatic carbocycles.